The number of nitrogens with two attached hydrogens (primary N) is 1. The van der Waals surface area contributed by atoms with Gasteiger partial charge in [0.25, 0.3) is 5.89 Å². The van der Waals surface area contributed by atoms with Crippen molar-refractivity contribution in [2.24, 2.45) is 5.73 Å². The van der Waals surface area contributed by atoms with Crippen LogP contribution in [0.5, 0.6) is 5.75 Å². The summed E-state index contributed by atoms with van der Waals surface area (Å²) in [5.74, 6) is 1.78. The van der Waals surface area contributed by atoms with Gasteiger partial charge in [0.15, 0.2) is 5.82 Å². The molecule has 7 heteroatoms. The summed E-state index contributed by atoms with van der Waals surface area (Å²) >= 11 is 0. The molecule has 2 N–H and O–H groups in total. The zero-order chi connectivity index (χ0) is 19.0. The second kappa shape index (κ2) is 6.76. The lowest BCUT2D eigenvalue weighted by Gasteiger charge is -2.17. The highest BCUT2D eigenvalue weighted by Crippen LogP contribution is 2.35. The van der Waals surface area contributed by atoms with E-state index in [4.69, 9.17) is 15.0 Å². The number of hydrogen-bond acceptors (Lipinski definition) is 6. The fraction of sp³-hybridized carbons (Fsp3) is 0.286. The SMILES string of the molecule is NC1(c2noc(-c3cccc(OCc4cn5ccccc5n4)c3)n2)CCCC1. The molecule has 0 bridgehead atoms. The van der Waals surface area contributed by atoms with E-state index in [0.717, 1.165) is 48.3 Å². The van der Waals surface area contributed by atoms with E-state index in [-0.39, 0.29) is 0 Å². The van der Waals surface area contributed by atoms with Crippen LogP contribution in [0.1, 0.15) is 37.2 Å². The Hall–Kier alpha value is -3.19. The molecule has 0 radical (unpaired) electrons. The van der Waals surface area contributed by atoms with Gasteiger partial charge in [-0.15, -0.1) is 0 Å². The van der Waals surface area contributed by atoms with E-state index in [1.54, 1.807) is 0 Å². The van der Waals surface area contributed by atoms with Gasteiger partial charge in [-0.1, -0.05) is 30.1 Å². The minimum atomic E-state index is -0.459. The van der Waals surface area contributed by atoms with Crippen molar-refractivity contribution in [3.63, 3.8) is 0 Å². The van der Waals surface area contributed by atoms with Crippen molar-refractivity contribution in [2.45, 2.75) is 37.8 Å². The molecule has 142 valence electrons. The van der Waals surface area contributed by atoms with E-state index in [9.17, 15) is 0 Å². The third kappa shape index (κ3) is 3.14. The fourth-order valence-corrected chi connectivity index (χ4v) is 3.71. The molecule has 0 spiro atoms. The van der Waals surface area contributed by atoms with Gasteiger partial charge in [0.1, 0.15) is 18.0 Å². The molecule has 4 aromatic rings. The molecule has 1 saturated carbocycles. The number of fused-ring (bicyclic) bond motifs is 1. The van der Waals surface area contributed by atoms with Gasteiger partial charge in [0, 0.05) is 18.0 Å². The predicted molar refractivity (Wildman–Crippen MR) is 104 cm³/mol. The first-order valence-electron chi connectivity index (χ1n) is 9.49. The van der Waals surface area contributed by atoms with Crippen molar-refractivity contribution in [2.75, 3.05) is 0 Å². The average Bonchev–Trinajstić information content (AvgIpc) is 3.46. The molecule has 0 atom stereocenters. The molecule has 1 aliphatic rings. The van der Waals surface area contributed by atoms with E-state index in [1.807, 2.05) is 59.3 Å². The van der Waals surface area contributed by atoms with Gasteiger partial charge in [-0.25, -0.2) is 4.98 Å². The maximum Gasteiger partial charge on any atom is 0.258 e. The van der Waals surface area contributed by atoms with Gasteiger partial charge in [-0.2, -0.15) is 4.98 Å². The smallest absolute Gasteiger partial charge is 0.258 e. The molecule has 5 rings (SSSR count). The lowest BCUT2D eigenvalue weighted by Crippen LogP contribution is -2.34. The first kappa shape index (κ1) is 16.9. The number of benzene rings is 1. The lowest BCUT2D eigenvalue weighted by molar-refractivity contribution is 0.302. The molecule has 0 saturated heterocycles. The summed E-state index contributed by atoms with van der Waals surface area (Å²) < 4.78 is 13.4. The van der Waals surface area contributed by atoms with Crippen LogP contribution in [0.2, 0.25) is 0 Å². The Labute approximate surface area is 162 Å². The molecule has 3 aromatic heterocycles. The summed E-state index contributed by atoms with van der Waals surface area (Å²) in [5.41, 5.74) is 8.54. The Morgan fingerprint density at radius 1 is 1.11 bits per heavy atom. The highest BCUT2D eigenvalue weighted by atomic mass is 16.5. The Kier molecular flexibility index (Phi) is 4.09. The first-order chi connectivity index (χ1) is 13.7. The van der Waals surface area contributed by atoms with Crippen molar-refractivity contribution < 1.29 is 9.26 Å². The molecule has 1 aliphatic carbocycles. The Bertz CT molecular complexity index is 1080. The van der Waals surface area contributed by atoms with Crippen molar-refractivity contribution in [1.82, 2.24) is 19.5 Å². The topological polar surface area (TPSA) is 91.5 Å². The molecular formula is C21H21N5O2. The summed E-state index contributed by atoms with van der Waals surface area (Å²) in [7, 11) is 0. The molecule has 1 fully saturated rings. The predicted octanol–water partition coefficient (Wildman–Crippen LogP) is 3.69. The normalized spacial score (nSPS) is 15.9. The monoisotopic (exact) mass is 375 g/mol. The Balaban J connectivity index is 1.33. The van der Waals surface area contributed by atoms with Crippen LogP contribution in [0.15, 0.2) is 59.4 Å². The van der Waals surface area contributed by atoms with Crippen LogP contribution < -0.4 is 10.5 Å². The third-order valence-corrected chi connectivity index (χ3v) is 5.25. The number of nitrogens with zero attached hydrogens (tertiary/aromatic N) is 4. The van der Waals surface area contributed by atoms with Crippen molar-refractivity contribution in [3.8, 4) is 17.2 Å². The van der Waals surface area contributed by atoms with Crippen molar-refractivity contribution in [3.05, 3.63) is 66.4 Å². The highest BCUT2D eigenvalue weighted by Gasteiger charge is 2.36. The van der Waals surface area contributed by atoms with Crippen LogP contribution in [0, 0.1) is 0 Å². The van der Waals surface area contributed by atoms with Crippen LogP contribution in [0.25, 0.3) is 17.1 Å². The maximum absolute atomic E-state index is 6.43. The standard InChI is InChI=1S/C21H21N5O2/c22-21(9-2-3-10-21)20-24-19(28-25-20)15-6-5-7-17(12-15)27-14-16-13-26-11-4-1-8-18(26)23-16/h1,4-8,11-13H,2-3,9-10,14,22H2. The van der Waals surface area contributed by atoms with Gasteiger partial charge >= 0.3 is 0 Å². The molecule has 0 aliphatic heterocycles. The fourth-order valence-electron chi connectivity index (χ4n) is 3.71. The minimum absolute atomic E-state index is 0.381. The summed E-state index contributed by atoms with van der Waals surface area (Å²) in [6.45, 7) is 0.381. The van der Waals surface area contributed by atoms with E-state index in [2.05, 4.69) is 15.1 Å². The van der Waals surface area contributed by atoms with E-state index in [0.29, 0.717) is 18.3 Å². The summed E-state index contributed by atoms with van der Waals surface area (Å²) in [4.78, 5) is 9.10. The summed E-state index contributed by atoms with van der Waals surface area (Å²) in [6.07, 6.45) is 7.93. The summed E-state index contributed by atoms with van der Waals surface area (Å²) in [6, 6.07) is 13.5. The van der Waals surface area contributed by atoms with Crippen LogP contribution >= 0.6 is 0 Å². The molecule has 0 unspecified atom stereocenters. The number of imidazole rings is 1. The molecule has 1 aromatic carbocycles. The number of pyridine rings is 1. The van der Waals surface area contributed by atoms with Gasteiger partial charge in [-0.3, -0.25) is 0 Å². The quantitative estimate of drug-likeness (QED) is 0.572. The Morgan fingerprint density at radius 3 is 2.86 bits per heavy atom. The molecule has 0 amide bonds. The maximum atomic E-state index is 6.43. The van der Waals surface area contributed by atoms with Gasteiger partial charge < -0.3 is 19.4 Å². The lowest BCUT2D eigenvalue weighted by atomic mass is 9.99. The van der Waals surface area contributed by atoms with E-state index < -0.39 is 5.54 Å². The molecule has 28 heavy (non-hydrogen) atoms. The zero-order valence-corrected chi connectivity index (χ0v) is 15.4. The van der Waals surface area contributed by atoms with Gasteiger partial charge in [0.05, 0.1) is 11.2 Å². The molecule has 7 nitrogen and oxygen atoms in total. The first-order valence-corrected chi connectivity index (χ1v) is 9.49. The van der Waals surface area contributed by atoms with Crippen LogP contribution in [0.3, 0.4) is 0 Å². The van der Waals surface area contributed by atoms with Crippen LogP contribution in [-0.4, -0.2) is 19.5 Å². The van der Waals surface area contributed by atoms with Crippen molar-refractivity contribution in [1.29, 1.82) is 0 Å². The van der Waals surface area contributed by atoms with Gasteiger partial charge in [-0.05, 0) is 43.2 Å². The zero-order valence-electron chi connectivity index (χ0n) is 15.4. The second-order valence-electron chi connectivity index (χ2n) is 7.30. The van der Waals surface area contributed by atoms with E-state index >= 15 is 0 Å². The van der Waals surface area contributed by atoms with Gasteiger partial charge in [0.2, 0.25) is 0 Å². The number of ether oxygens (including phenoxy) is 1. The Morgan fingerprint density at radius 2 is 2.00 bits per heavy atom. The minimum Gasteiger partial charge on any atom is -0.487 e. The highest BCUT2D eigenvalue weighted by molar-refractivity contribution is 5.55. The number of aromatic nitrogens is 4. The van der Waals surface area contributed by atoms with Crippen LogP contribution in [0.4, 0.5) is 0 Å². The third-order valence-electron chi connectivity index (χ3n) is 5.25. The molecular weight excluding hydrogens is 354 g/mol. The van der Waals surface area contributed by atoms with Crippen LogP contribution in [-0.2, 0) is 12.1 Å². The molecule has 3 heterocycles. The average molecular weight is 375 g/mol. The van der Waals surface area contributed by atoms with Crippen molar-refractivity contribution >= 4 is 5.65 Å². The number of hydrogen-bond donors (Lipinski definition) is 1. The summed E-state index contributed by atoms with van der Waals surface area (Å²) in [5, 5.41) is 4.13. The van der Waals surface area contributed by atoms with E-state index in [1.165, 1.54) is 0 Å². The largest absolute Gasteiger partial charge is 0.487 e. The number of rotatable bonds is 5. The second-order valence-corrected chi connectivity index (χ2v) is 7.30.